The van der Waals surface area contributed by atoms with E-state index in [-0.39, 0.29) is 17.7 Å². The zero-order valence-electron chi connectivity index (χ0n) is 16.8. The first kappa shape index (κ1) is 20.2. The number of Topliss-reactive ketones (excluding diaryl/α,β-unsaturated/α-hetero) is 1. The van der Waals surface area contributed by atoms with Crippen molar-refractivity contribution in [2.75, 3.05) is 5.32 Å². The summed E-state index contributed by atoms with van der Waals surface area (Å²) in [5.41, 5.74) is 2.76. The topological polar surface area (TPSA) is 75.2 Å². The zero-order valence-corrected chi connectivity index (χ0v) is 16.8. The van der Waals surface area contributed by atoms with Crippen LogP contribution in [0.5, 0.6) is 0 Å². The van der Waals surface area contributed by atoms with Gasteiger partial charge in [0.15, 0.2) is 5.78 Å². The molecule has 1 heterocycles. The average molecular weight is 388 g/mol. The molecule has 148 valence electrons. The summed E-state index contributed by atoms with van der Waals surface area (Å²) >= 11 is 0. The quantitative estimate of drug-likeness (QED) is 0.604. The highest BCUT2D eigenvalue weighted by Gasteiger charge is 2.21. The van der Waals surface area contributed by atoms with E-state index in [2.05, 4.69) is 15.3 Å². The summed E-state index contributed by atoms with van der Waals surface area (Å²) in [5, 5.41) is 3.08. The van der Waals surface area contributed by atoms with Gasteiger partial charge in [0.25, 0.3) is 5.91 Å². The average Bonchev–Trinajstić information content (AvgIpc) is 2.72. The second kappa shape index (κ2) is 9.10. The molecule has 2 aromatic carbocycles. The molecule has 3 rings (SSSR count). The minimum atomic E-state index is -0.152. The summed E-state index contributed by atoms with van der Waals surface area (Å²) in [6, 6.07) is 18.6. The molecule has 0 spiro atoms. The summed E-state index contributed by atoms with van der Waals surface area (Å²) in [6.45, 7) is 6.00. The Kier molecular flexibility index (Phi) is 6.34. The second-order valence-corrected chi connectivity index (χ2v) is 7.04. The number of nitrogens with zero attached hydrogens (tertiary/aromatic N) is 3. The molecule has 0 atom stereocenters. The number of carbonyl (C=O) groups is 2. The predicted octanol–water partition coefficient (Wildman–Crippen LogP) is 4.47. The lowest BCUT2D eigenvalue weighted by molar-refractivity contribution is 0.0684. The van der Waals surface area contributed by atoms with Gasteiger partial charge in [-0.3, -0.25) is 9.59 Å². The third-order valence-corrected chi connectivity index (χ3v) is 4.50. The summed E-state index contributed by atoms with van der Waals surface area (Å²) in [5.74, 6) is 0.184. The maximum atomic E-state index is 13.1. The Labute approximate surface area is 170 Å². The van der Waals surface area contributed by atoms with Crippen molar-refractivity contribution in [2.45, 2.75) is 33.4 Å². The molecular weight excluding hydrogens is 364 g/mol. The Bertz CT molecular complexity index is 985. The van der Waals surface area contributed by atoms with Crippen molar-refractivity contribution < 1.29 is 9.59 Å². The fraction of sp³-hybridized carbons (Fsp3) is 0.217. The van der Waals surface area contributed by atoms with Crippen LogP contribution >= 0.6 is 0 Å². The summed E-state index contributed by atoms with van der Waals surface area (Å²) in [7, 11) is 0. The fourth-order valence-electron chi connectivity index (χ4n) is 2.87. The molecule has 0 radical (unpaired) electrons. The number of carbonyl (C=O) groups excluding carboxylic acids is 2. The number of benzene rings is 2. The maximum Gasteiger partial charge on any atom is 0.273 e. The zero-order chi connectivity index (χ0) is 20.8. The molecule has 6 heteroatoms. The molecule has 0 saturated heterocycles. The molecule has 6 nitrogen and oxygen atoms in total. The lowest BCUT2D eigenvalue weighted by atomic mass is 10.1. The van der Waals surface area contributed by atoms with E-state index in [1.54, 1.807) is 41.4 Å². The highest BCUT2D eigenvalue weighted by Crippen LogP contribution is 2.16. The van der Waals surface area contributed by atoms with Gasteiger partial charge >= 0.3 is 0 Å². The van der Waals surface area contributed by atoms with Gasteiger partial charge in [-0.15, -0.1) is 0 Å². The second-order valence-electron chi connectivity index (χ2n) is 7.04. The molecule has 0 aliphatic heterocycles. The third kappa shape index (κ3) is 5.25. The third-order valence-electron chi connectivity index (χ3n) is 4.50. The van der Waals surface area contributed by atoms with Crippen LogP contribution in [0.15, 0.2) is 66.9 Å². The van der Waals surface area contributed by atoms with E-state index in [1.165, 1.54) is 6.92 Å². The van der Waals surface area contributed by atoms with Crippen LogP contribution in [-0.2, 0) is 6.54 Å². The number of anilines is 2. The van der Waals surface area contributed by atoms with Crippen LogP contribution in [0.25, 0.3) is 0 Å². The van der Waals surface area contributed by atoms with Crippen molar-refractivity contribution in [2.24, 2.45) is 0 Å². The smallest absolute Gasteiger partial charge is 0.273 e. The molecule has 1 aromatic heterocycles. The van der Waals surface area contributed by atoms with E-state index in [1.807, 2.05) is 44.2 Å². The number of amides is 1. The molecule has 29 heavy (non-hydrogen) atoms. The van der Waals surface area contributed by atoms with E-state index in [4.69, 9.17) is 0 Å². The van der Waals surface area contributed by atoms with E-state index in [0.29, 0.717) is 23.8 Å². The molecule has 0 aliphatic carbocycles. The van der Waals surface area contributed by atoms with Gasteiger partial charge in [-0.1, -0.05) is 30.3 Å². The van der Waals surface area contributed by atoms with Crippen molar-refractivity contribution in [1.29, 1.82) is 0 Å². The van der Waals surface area contributed by atoms with Crippen LogP contribution in [0.2, 0.25) is 0 Å². The van der Waals surface area contributed by atoms with E-state index >= 15 is 0 Å². The number of hydrogen-bond donors (Lipinski definition) is 1. The Hall–Kier alpha value is -3.54. The fourth-order valence-corrected chi connectivity index (χ4v) is 2.87. The van der Waals surface area contributed by atoms with Crippen LogP contribution in [0, 0.1) is 0 Å². The van der Waals surface area contributed by atoms with Gasteiger partial charge in [0.2, 0.25) is 5.95 Å². The molecular formula is C23H24N4O2. The maximum absolute atomic E-state index is 13.1. The van der Waals surface area contributed by atoms with Crippen LogP contribution < -0.4 is 5.32 Å². The Morgan fingerprint density at radius 1 is 1.00 bits per heavy atom. The lowest BCUT2D eigenvalue weighted by Gasteiger charge is -2.26. The van der Waals surface area contributed by atoms with Crippen molar-refractivity contribution in [3.63, 3.8) is 0 Å². The Morgan fingerprint density at radius 2 is 1.69 bits per heavy atom. The minimum Gasteiger partial charge on any atom is -0.331 e. The summed E-state index contributed by atoms with van der Waals surface area (Å²) in [4.78, 5) is 34.9. The highest BCUT2D eigenvalue weighted by atomic mass is 16.2. The molecule has 0 aliphatic rings. The first-order valence-corrected chi connectivity index (χ1v) is 9.50. The molecule has 1 amide bonds. The summed E-state index contributed by atoms with van der Waals surface area (Å²) < 4.78 is 0. The van der Waals surface area contributed by atoms with Crippen LogP contribution in [0.3, 0.4) is 0 Å². The molecule has 0 unspecified atom stereocenters. The SMILES string of the molecule is CC(=O)c1ccc(Nc2nccc(C(=O)N(Cc3ccccc3)C(C)C)n2)cc1. The summed E-state index contributed by atoms with van der Waals surface area (Å²) in [6.07, 6.45) is 1.56. The van der Waals surface area contributed by atoms with Crippen molar-refractivity contribution >= 4 is 23.3 Å². The van der Waals surface area contributed by atoms with Crippen molar-refractivity contribution in [1.82, 2.24) is 14.9 Å². The van der Waals surface area contributed by atoms with Crippen LogP contribution in [0.4, 0.5) is 11.6 Å². The van der Waals surface area contributed by atoms with Crippen molar-refractivity contribution in [3.05, 3.63) is 83.7 Å². The van der Waals surface area contributed by atoms with Gasteiger partial charge in [0.1, 0.15) is 5.69 Å². The van der Waals surface area contributed by atoms with Crippen LogP contribution in [-0.4, -0.2) is 32.6 Å². The Morgan fingerprint density at radius 3 is 2.31 bits per heavy atom. The van der Waals surface area contributed by atoms with Crippen LogP contribution in [0.1, 0.15) is 47.2 Å². The largest absolute Gasteiger partial charge is 0.331 e. The predicted molar refractivity (Wildman–Crippen MR) is 113 cm³/mol. The van der Waals surface area contributed by atoms with Gasteiger partial charge in [-0.2, -0.15) is 0 Å². The normalized spacial score (nSPS) is 10.6. The number of rotatable bonds is 7. The molecule has 0 fully saturated rings. The lowest BCUT2D eigenvalue weighted by Crippen LogP contribution is -2.37. The molecule has 1 N–H and O–H groups in total. The number of hydrogen-bond acceptors (Lipinski definition) is 5. The van der Waals surface area contributed by atoms with E-state index in [9.17, 15) is 9.59 Å². The molecule has 0 bridgehead atoms. The van der Waals surface area contributed by atoms with Gasteiger partial charge in [0.05, 0.1) is 0 Å². The van der Waals surface area contributed by atoms with E-state index < -0.39 is 0 Å². The first-order valence-electron chi connectivity index (χ1n) is 9.50. The van der Waals surface area contributed by atoms with Gasteiger partial charge < -0.3 is 10.2 Å². The van der Waals surface area contributed by atoms with Gasteiger partial charge in [-0.25, -0.2) is 9.97 Å². The highest BCUT2D eigenvalue weighted by molar-refractivity contribution is 5.94. The first-order chi connectivity index (χ1) is 13.9. The monoisotopic (exact) mass is 388 g/mol. The molecule has 0 saturated carbocycles. The Balaban J connectivity index is 1.77. The van der Waals surface area contributed by atoms with Crippen molar-refractivity contribution in [3.8, 4) is 0 Å². The van der Waals surface area contributed by atoms with E-state index in [0.717, 1.165) is 11.3 Å². The number of nitrogens with one attached hydrogen (secondary N) is 1. The standard InChI is InChI=1S/C23H24N4O2/c1-16(2)27(15-18-7-5-4-6-8-18)22(29)21-13-14-24-23(26-21)25-20-11-9-19(10-12-20)17(3)28/h4-14,16H,15H2,1-3H3,(H,24,25,26). The number of ketones is 1. The van der Waals surface area contributed by atoms with Gasteiger partial charge in [-0.05, 0) is 56.7 Å². The number of aromatic nitrogens is 2. The molecule has 3 aromatic rings. The minimum absolute atomic E-state index is 0.00702. The van der Waals surface area contributed by atoms with Gasteiger partial charge in [0, 0.05) is 30.0 Å².